The first kappa shape index (κ1) is 13.5. The van der Waals surface area contributed by atoms with E-state index < -0.39 is 10.0 Å². The standard InChI is InChI=1S/C15H13N3O2S/c19-21(20,18-17-13-8-2-1-3-9-13)14-10-4-6-12-7-5-11-16-15(12)14/h1-11,17-18H. The van der Waals surface area contributed by atoms with Crippen LogP contribution in [-0.4, -0.2) is 13.4 Å². The van der Waals surface area contributed by atoms with Crippen molar-refractivity contribution in [3.63, 3.8) is 0 Å². The third-order valence-electron chi connectivity index (χ3n) is 2.99. The lowest BCUT2D eigenvalue weighted by Crippen LogP contribution is -2.29. The molecule has 0 amide bonds. The van der Waals surface area contributed by atoms with Crippen LogP contribution in [0.3, 0.4) is 0 Å². The van der Waals surface area contributed by atoms with Gasteiger partial charge in [-0.05, 0) is 24.3 Å². The van der Waals surface area contributed by atoms with Crippen LogP contribution in [0, 0.1) is 0 Å². The quantitative estimate of drug-likeness (QED) is 0.726. The number of hydrogen-bond acceptors (Lipinski definition) is 4. The van der Waals surface area contributed by atoms with Crippen molar-refractivity contribution in [3.8, 4) is 0 Å². The number of hydrogen-bond donors (Lipinski definition) is 2. The van der Waals surface area contributed by atoms with Gasteiger partial charge in [-0.3, -0.25) is 4.98 Å². The molecular weight excluding hydrogens is 286 g/mol. The van der Waals surface area contributed by atoms with Crippen LogP contribution in [0.5, 0.6) is 0 Å². The Morgan fingerprint density at radius 1 is 0.857 bits per heavy atom. The van der Waals surface area contributed by atoms with Gasteiger partial charge in [0.05, 0.1) is 5.52 Å². The highest BCUT2D eigenvalue weighted by Gasteiger charge is 2.17. The minimum absolute atomic E-state index is 0.143. The number of nitrogens with zero attached hydrogens (tertiary/aromatic N) is 1. The van der Waals surface area contributed by atoms with Gasteiger partial charge < -0.3 is 5.43 Å². The molecule has 2 aromatic carbocycles. The Morgan fingerprint density at radius 2 is 1.62 bits per heavy atom. The van der Waals surface area contributed by atoms with E-state index in [1.54, 1.807) is 30.5 Å². The number of para-hydroxylation sites is 2. The summed E-state index contributed by atoms with van der Waals surface area (Å²) in [7, 11) is -3.71. The molecule has 0 aliphatic heterocycles. The summed E-state index contributed by atoms with van der Waals surface area (Å²) in [5.74, 6) is 0. The molecule has 106 valence electrons. The molecular formula is C15H13N3O2S. The third kappa shape index (κ3) is 2.86. The number of nitrogens with one attached hydrogen (secondary N) is 2. The van der Waals surface area contributed by atoms with Gasteiger partial charge in [0, 0.05) is 17.3 Å². The number of pyridine rings is 1. The summed E-state index contributed by atoms with van der Waals surface area (Å²) >= 11 is 0. The van der Waals surface area contributed by atoms with Crippen LogP contribution in [-0.2, 0) is 10.0 Å². The molecule has 5 nitrogen and oxygen atoms in total. The molecule has 3 aromatic rings. The lowest BCUT2D eigenvalue weighted by molar-refractivity contribution is 0.588. The molecule has 0 aliphatic rings. The highest BCUT2D eigenvalue weighted by Crippen LogP contribution is 2.20. The minimum atomic E-state index is -3.71. The summed E-state index contributed by atoms with van der Waals surface area (Å²) in [6, 6.07) is 17.7. The van der Waals surface area contributed by atoms with Crippen molar-refractivity contribution in [2.75, 3.05) is 5.43 Å². The summed E-state index contributed by atoms with van der Waals surface area (Å²) in [5, 5.41) is 0.778. The van der Waals surface area contributed by atoms with E-state index in [1.807, 2.05) is 30.3 Å². The van der Waals surface area contributed by atoms with Crippen molar-refractivity contribution in [1.29, 1.82) is 0 Å². The Morgan fingerprint density at radius 3 is 2.43 bits per heavy atom. The van der Waals surface area contributed by atoms with Gasteiger partial charge in [0.1, 0.15) is 4.90 Å². The Kier molecular flexibility index (Phi) is 3.55. The Hall–Kier alpha value is -2.44. The van der Waals surface area contributed by atoms with Gasteiger partial charge >= 0.3 is 0 Å². The second-order valence-corrected chi connectivity index (χ2v) is 6.08. The molecule has 0 saturated carbocycles. The van der Waals surface area contributed by atoms with Gasteiger partial charge in [-0.15, -0.1) is 4.83 Å². The highest BCUT2D eigenvalue weighted by molar-refractivity contribution is 7.89. The van der Waals surface area contributed by atoms with Gasteiger partial charge in [-0.25, -0.2) is 8.42 Å². The minimum Gasteiger partial charge on any atom is -0.308 e. The zero-order chi connectivity index (χ0) is 14.7. The van der Waals surface area contributed by atoms with Crippen molar-refractivity contribution in [2.24, 2.45) is 0 Å². The largest absolute Gasteiger partial charge is 0.308 e. The van der Waals surface area contributed by atoms with Crippen LogP contribution in [0.15, 0.2) is 71.8 Å². The smallest absolute Gasteiger partial charge is 0.259 e. The van der Waals surface area contributed by atoms with Gasteiger partial charge in [-0.1, -0.05) is 36.4 Å². The summed E-state index contributed by atoms with van der Waals surface area (Å²) < 4.78 is 24.8. The maximum atomic E-state index is 12.4. The van der Waals surface area contributed by atoms with E-state index in [-0.39, 0.29) is 4.90 Å². The second-order valence-electron chi connectivity index (χ2n) is 4.43. The number of sulfonamides is 1. The van der Waals surface area contributed by atoms with Crippen LogP contribution in [0.25, 0.3) is 10.9 Å². The van der Waals surface area contributed by atoms with Crippen molar-refractivity contribution in [2.45, 2.75) is 4.90 Å². The molecule has 0 bridgehead atoms. The van der Waals surface area contributed by atoms with Crippen LogP contribution in [0.4, 0.5) is 5.69 Å². The first-order valence-corrected chi connectivity index (χ1v) is 7.82. The highest BCUT2D eigenvalue weighted by atomic mass is 32.2. The molecule has 1 aromatic heterocycles. The molecule has 2 N–H and O–H groups in total. The topological polar surface area (TPSA) is 71.1 Å². The number of fused-ring (bicyclic) bond motifs is 1. The van der Waals surface area contributed by atoms with E-state index in [0.29, 0.717) is 11.2 Å². The van der Waals surface area contributed by atoms with Gasteiger partial charge in [0.2, 0.25) is 0 Å². The second kappa shape index (κ2) is 5.51. The molecule has 0 atom stereocenters. The Labute approximate surface area is 122 Å². The average molecular weight is 299 g/mol. The summed E-state index contributed by atoms with van der Waals surface area (Å²) in [6.07, 6.45) is 1.58. The number of anilines is 1. The van der Waals surface area contributed by atoms with Gasteiger partial charge in [-0.2, -0.15) is 0 Å². The molecule has 0 fully saturated rings. The molecule has 3 rings (SSSR count). The monoisotopic (exact) mass is 299 g/mol. The molecule has 6 heteroatoms. The van der Waals surface area contributed by atoms with Crippen molar-refractivity contribution >= 4 is 26.6 Å². The maximum Gasteiger partial charge on any atom is 0.259 e. The fourth-order valence-electron chi connectivity index (χ4n) is 2.00. The van der Waals surface area contributed by atoms with Crippen LogP contribution >= 0.6 is 0 Å². The predicted molar refractivity (Wildman–Crippen MR) is 82.1 cm³/mol. The maximum absolute atomic E-state index is 12.4. The molecule has 21 heavy (non-hydrogen) atoms. The molecule has 0 saturated heterocycles. The van der Waals surface area contributed by atoms with E-state index in [0.717, 1.165) is 5.39 Å². The summed E-state index contributed by atoms with van der Waals surface area (Å²) in [5.41, 5.74) is 3.79. The third-order valence-corrected chi connectivity index (χ3v) is 4.27. The van der Waals surface area contributed by atoms with E-state index in [2.05, 4.69) is 15.2 Å². The molecule has 0 radical (unpaired) electrons. The molecule has 0 aliphatic carbocycles. The molecule has 0 spiro atoms. The Bertz CT molecular complexity index is 859. The lowest BCUT2D eigenvalue weighted by atomic mass is 10.2. The summed E-state index contributed by atoms with van der Waals surface area (Å²) in [4.78, 5) is 6.66. The zero-order valence-electron chi connectivity index (χ0n) is 11.0. The number of benzene rings is 2. The van der Waals surface area contributed by atoms with Crippen molar-refractivity contribution < 1.29 is 8.42 Å². The van der Waals surface area contributed by atoms with Crippen LogP contribution in [0.2, 0.25) is 0 Å². The number of rotatable bonds is 4. The van der Waals surface area contributed by atoms with Crippen LogP contribution in [0.1, 0.15) is 0 Å². The van der Waals surface area contributed by atoms with Gasteiger partial charge in [0.25, 0.3) is 10.0 Å². The SMILES string of the molecule is O=S(=O)(NNc1ccccc1)c1cccc2cccnc12. The fourth-order valence-corrected chi connectivity index (χ4v) is 3.04. The first-order chi connectivity index (χ1) is 10.2. The number of hydrazine groups is 1. The molecule has 0 unspecified atom stereocenters. The van der Waals surface area contributed by atoms with E-state index in [1.165, 1.54) is 6.07 Å². The van der Waals surface area contributed by atoms with E-state index >= 15 is 0 Å². The average Bonchev–Trinajstić information content (AvgIpc) is 2.53. The Balaban J connectivity index is 1.94. The van der Waals surface area contributed by atoms with Crippen LogP contribution < -0.4 is 10.3 Å². The summed E-state index contributed by atoms with van der Waals surface area (Å²) in [6.45, 7) is 0. The predicted octanol–water partition coefficient (Wildman–Crippen LogP) is 2.54. The van der Waals surface area contributed by atoms with E-state index in [4.69, 9.17) is 0 Å². The molecule has 1 heterocycles. The van der Waals surface area contributed by atoms with Crippen molar-refractivity contribution in [3.05, 3.63) is 66.9 Å². The first-order valence-electron chi connectivity index (χ1n) is 6.33. The van der Waals surface area contributed by atoms with E-state index in [9.17, 15) is 8.42 Å². The fraction of sp³-hybridized carbons (Fsp3) is 0. The van der Waals surface area contributed by atoms with Crippen molar-refractivity contribution in [1.82, 2.24) is 9.82 Å². The lowest BCUT2D eigenvalue weighted by Gasteiger charge is -2.10. The van der Waals surface area contributed by atoms with Gasteiger partial charge in [0.15, 0.2) is 0 Å². The number of aromatic nitrogens is 1. The normalized spacial score (nSPS) is 11.4. The zero-order valence-corrected chi connectivity index (χ0v) is 11.8.